The zero-order valence-corrected chi connectivity index (χ0v) is 16.9. The standard InChI is InChI=1S/C22H20F3N3OS/c23-22(24,25)17-5-3-4-16(12-17)21(8-1-2-9-21)20(29)27-13-19-28-18(14-30-19)15-6-10-26-11-7-15/h3-7,10-12,14H,1-2,8-9,13H2,(H,27,29). The molecule has 156 valence electrons. The lowest BCUT2D eigenvalue weighted by atomic mass is 9.77. The van der Waals surface area contributed by atoms with Crippen molar-refractivity contribution in [3.8, 4) is 11.3 Å². The van der Waals surface area contributed by atoms with Crippen molar-refractivity contribution in [2.24, 2.45) is 0 Å². The predicted molar refractivity (Wildman–Crippen MR) is 109 cm³/mol. The summed E-state index contributed by atoms with van der Waals surface area (Å²) < 4.78 is 39.5. The van der Waals surface area contributed by atoms with Gasteiger partial charge in [-0.3, -0.25) is 9.78 Å². The Labute approximate surface area is 176 Å². The van der Waals surface area contributed by atoms with Gasteiger partial charge in [0.1, 0.15) is 5.01 Å². The van der Waals surface area contributed by atoms with Crippen molar-refractivity contribution in [1.29, 1.82) is 0 Å². The molecule has 1 N–H and O–H groups in total. The molecule has 30 heavy (non-hydrogen) atoms. The van der Waals surface area contributed by atoms with Gasteiger partial charge in [0, 0.05) is 23.3 Å². The van der Waals surface area contributed by atoms with Gasteiger partial charge in [-0.05, 0) is 36.6 Å². The number of nitrogens with zero attached hydrogens (tertiary/aromatic N) is 2. The second-order valence-electron chi connectivity index (χ2n) is 7.41. The highest BCUT2D eigenvalue weighted by Gasteiger charge is 2.43. The molecule has 0 bridgehead atoms. The number of pyridine rings is 1. The number of carbonyl (C=O) groups excluding carboxylic acids is 1. The van der Waals surface area contributed by atoms with Gasteiger partial charge in [-0.25, -0.2) is 4.98 Å². The van der Waals surface area contributed by atoms with Crippen LogP contribution in [0.3, 0.4) is 0 Å². The number of rotatable bonds is 5. The molecule has 1 aromatic carbocycles. The van der Waals surface area contributed by atoms with E-state index in [-0.39, 0.29) is 12.5 Å². The van der Waals surface area contributed by atoms with Crippen LogP contribution in [0.15, 0.2) is 54.2 Å². The Morgan fingerprint density at radius 2 is 1.87 bits per heavy atom. The molecule has 0 saturated heterocycles. The minimum atomic E-state index is -4.43. The van der Waals surface area contributed by atoms with E-state index in [1.54, 1.807) is 18.5 Å². The fourth-order valence-electron chi connectivity index (χ4n) is 3.99. The molecule has 0 radical (unpaired) electrons. The van der Waals surface area contributed by atoms with Crippen molar-refractivity contribution >= 4 is 17.2 Å². The van der Waals surface area contributed by atoms with Gasteiger partial charge in [-0.1, -0.05) is 31.0 Å². The third kappa shape index (κ3) is 4.09. The van der Waals surface area contributed by atoms with Crippen LogP contribution in [0.1, 0.15) is 41.8 Å². The SMILES string of the molecule is O=C(NCc1nc(-c2ccncc2)cs1)C1(c2cccc(C(F)(F)F)c2)CCCC1. The first-order chi connectivity index (χ1) is 14.4. The fraction of sp³-hybridized carbons (Fsp3) is 0.318. The van der Waals surface area contributed by atoms with E-state index < -0.39 is 17.2 Å². The first kappa shape index (κ1) is 20.5. The number of hydrogen-bond donors (Lipinski definition) is 1. The smallest absolute Gasteiger partial charge is 0.349 e. The number of halogens is 3. The first-order valence-electron chi connectivity index (χ1n) is 9.69. The van der Waals surface area contributed by atoms with E-state index in [1.165, 1.54) is 17.4 Å². The number of aromatic nitrogens is 2. The normalized spacial score (nSPS) is 15.8. The molecule has 8 heteroatoms. The highest BCUT2D eigenvalue weighted by Crippen LogP contribution is 2.43. The lowest BCUT2D eigenvalue weighted by Crippen LogP contribution is -2.42. The van der Waals surface area contributed by atoms with Crippen molar-refractivity contribution in [3.05, 3.63) is 70.3 Å². The maximum atomic E-state index is 13.2. The van der Waals surface area contributed by atoms with Crippen LogP contribution in [0, 0.1) is 0 Å². The van der Waals surface area contributed by atoms with E-state index in [2.05, 4.69) is 15.3 Å². The quantitative estimate of drug-likeness (QED) is 0.592. The number of carbonyl (C=O) groups is 1. The van der Waals surface area contributed by atoms with E-state index in [0.717, 1.165) is 41.2 Å². The Balaban J connectivity index is 1.52. The molecule has 0 aliphatic heterocycles. The number of alkyl halides is 3. The van der Waals surface area contributed by atoms with Crippen molar-refractivity contribution in [2.45, 2.75) is 43.8 Å². The van der Waals surface area contributed by atoms with E-state index >= 15 is 0 Å². The molecule has 1 aliphatic rings. The van der Waals surface area contributed by atoms with Gasteiger partial charge < -0.3 is 5.32 Å². The Morgan fingerprint density at radius 3 is 2.57 bits per heavy atom. The van der Waals surface area contributed by atoms with E-state index in [4.69, 9.17) is 0 Å². The summed E-state index contributed by atoms with van der Waals surface area (Å²) in [5, 5.41) is 5.57. The molecule has 4 rings (SSSR count). The van der Waals surface area contributed by atoms with Gasteiger partial charge in [0.2, 0.25) is 5.91 Å². The average Bonchev–Trinajstić information content (AvgIpc) is 3.43. The van der Waals surface area contributed by atoms with Crippen LogP contribution in [0.4, 0.5) is 13.2 Å². The summed E-state index contributed by atoms with van der Waals surface area (Å²) in [5.74, 6) is -0.236. The molecule has 4 nitrogen and oxygen atoms in total. The fourth-order valence-corrected chi connectivity index (χ4v) is 4.73. The lowest BCUT2D eigenvalue weighted by molar-refractivity contribution is -0.138. The second kappa shape index (κ2) is 8.18. The molecular weight excluding hydrogens is 411 g/mol. The van der Waals surface area contributed by atoms with Crippen molar-refractivity contribution < 1.29 is 18.0 Å². The zero-order valence-electron chi connectivity index (χ0n) is 16.1. The van der Waals surface area contributed by atoms with Crippen molar-refractivity contribution in [1.82, 2.24) is 15.3 Å². The highest BCUT2D eigenvalue weighted by molar-refractivity contribution is 7.09. The summed E-state index contributed by atoms with van der Waals surface area (Å²) >= 11 is 1.43. The third-order valence-corrected chi connectivity index (χ3v) is 6.41. The summed E-state index contributed by atoms with van der Waals surface area (Å²) in [4.78, 5) is 21.7. The number of amides is 1. The Bertz CT molecular complexity index is 1030. The van der Waals surface area contributed by atoms with Crippen LogP contribution < -0.4 is 5.32 Å². The minimum Gasteiger partial charge on any atom is -0.349 e. The summed E-state index contributed by atoms with van der Waals surface area (Å²) in [6, 6.07) is 8.89. The van der Waals surface area contributed by atoms with E-state index in [1.807, 2.05) is 17.5 Å². The molecule has 0 atom stereocenters. The van der Waals surface area contributed by atoms with E-state index in [9.17, 15) is 18.0 Å². The zero-order chi connectivity index (χ0) is 21.2. The van der Waals surface area contributed by atoms with Crippen molar-refractivity contribution in [2.75, 3.05) is 0 Å². The molecule has 1 fully saturated rings. The summed E-state index contributed by atoms with van der Waals surface area (Å²) in [7, 11) is 0. The van der Waals surface area contributed by atoms with Crippen molar-refractivity contribution in [3.63, 3.8) is 0 Å². The number of nitrogens with one attached hydrogen (secondary N) is 1. The lowest BCUT2D eigenvalue weighted by Gasteiger charge is -2.29. The molecule has 3 aromatic rings. The van der Waals surface area contributed by atoms with Gasteiger partial charge in [-0.15, -0.1) is 11.3 Å². The van der Waals surface area contributed by atoms with E-state index in [0.29, 0.717) is 18.4 Å². The molecular formula is C22H20F3N3OS. The monoisotopic (exact) mass is 431 g/mol. The van der Waals surface area contributed by atoms with Gasteiger partial charge in [0.15, 0.2) is 0 Å². The van der Waals surface area contributed by atoms with Crippen LogP contribution >= 0.6 is 11.3 Å². The van der Waals surface area contributed by atoms with Crippen LogP contribution in [0.25, 0.3) is 11.3 Å². The number of hydrogen-bond acceptors (Lipinski definition) is 4. The summed E-state index contributed by atoms with van der Waals surface area (Å²) in [6.45, 7) is 0.245. The summed E-state index contributed by atoms with van der Waals surface area (Å²) in [6.07, 6.45) is 1.65. The molecule has 0 unspecified atom stereocenters. The van der Waals surface area contributed by atoms with Crippen LogP contribution in [0.2, 0.25) is 0 Å². The molecule has 2 aromatic heterocycles. The van der Waals surface area contributed by atoms with Crippen LogP contribution in [-0.4, -0.2) is 15.9 Å². The van der Waals surface area contributed by atoms with Gasteiger partial charge in [0.25, 0.3) is 0 Å². The van der Waals surface area contributed by atoms with Gasteiger partial charge in [0.05, 0.1) is 23.2 Å². The maximum Gasteiger partial charge on any atom is 0.416 e. The predicted octanol–water partition coefficient (Wildman–Crippen LogP) is 5.35. The molecule has 0 spiro atoms. The Kier molecular flexibility index (Phi) is 5.60. The molecule has 1 amide bonds. The second-order valence-corrected chi connectivity index (χ2v) is 8.36. The molecule has 1 saturated carbocycles. The van der Waals surface area contributed by atoms with Crippen LogP contribution in [0.5, 0.6) is 0 Å². The summed E-state index contributed by atoms with van der Waals surface area (Å²) in [5.41, 5.74) is 0.534. The average molecular weight is 431 g/mol. The molecule has 1 aliphatic carbocycles. The van der Waals surface area contributed by atoms with Gasteiger partial charge >= 0.3 is 6.18 Å². The minimum absolute atomic E-state index is 0.236. The first-order valence-corrected chi connectivity index (χ1v) is 10.6. The van der Waals surface area contributed by atoms with Gasteiger partial charge in [-0.2, -0.15) is 13.2 Å². The number of benzene rings is 1. The highest BCUT2D eigenvalue weighted by atomic mass is 32.1. The molecule has 2 heterocycles. The van der Waals surface area contributed by atoms with Crippen LogP contribution in [-0.2, 0) is 22.9 Å². The maximum absolute atomic E-state index is 13.2. The Morgan fingerprint density at radius 1 is 1.13 bits per heavy atom. The largest absolute Gasteiger partial charge is 0.416 e. The topological polar surface area (TPSA) is 54.9 Å². The Hall–Kier alpha value is -2.74. The number of thiazole rings is 1. The third-order valence-electron chi connectivity index (χ3n) is 5.56.